The third kappa shape index (κ3) is 2.01. The Morgan fingerprint density at radius 2 is 2.11 bits per heavy atom. The Morgan fingerprint density at radius 1 is 1.28 bits per heavy atom. The maximum Gasteiger partial charge on any atom is 0.116 e. The number of imidazole rings is 1. The normalized spacial score (nSPS) is 16.9. The molecule has 1 aliphatic heterocycles. The van der Waals surface area contributed by atoms with Crippen molar-refractivity contribution in [1.29, 1.82) is 0 Å². The SMILES string of the molecule is Cc1ncc(-c2ccncn2)n1C1CCOCC1. The van der Waals surface area contributed by atoms with Crippen molar-refractivity contribution in [3.8, 4) is 11.4 Å². The summed E-state index contributed by atoms with van der Waals surface area (Å²) < 4.78 is 7.71. The van der Waals surface area contributed by atoms with Gasteiger partial charge in [-0.15, -0.1) is 0 Å². The maximum absolute atomic E-state index is 5.42. The molecule has 0 amide bonds. The summed E-state index contributed by atoms with van der Waals surface area (Å²) in [6.45, 7) is 3.69. The Bertz CT molecular complexity index is 517. The molecule has 0 bridgehead atoms. The van der Waals surface area contributed by atoms with E-state index in [2.05, 4.69) is 19.5 Å². The Hall–Kier alpha value is -1.75. The van der Waals surface area contributed by atoms with Gasteiger partial charge in [0.25, 0.3) is 0 Å². The zero-order chi connectivity index (χ0) is 12.4. The predicted molar refractivity (Wildman–Crippen MR) is 67.1 cm³/mol. The van der Waals surface area contributed by atoms with Crippen LogP contribution in [-0.2, 0) is 4.74 Å². The van der Waals surface area contributed by atoms with Crippen LogP contribution in [0, 0.1) is 6.92 Å². The van der Waals surface area contributed by atoms with Crippen molar-refractivity contribution in [3.05, 3.63) is 30.6 Å². The highest BCUT2D eigenvalue weighted by molar-refractivity contribution is 5.53. The van der Waals surface area contributed by atoms with Crippen LogP contribution < -0.4 is 0 Å². The van der Waals surface area contributed by atoms with Gasteiger partial charge in [0.2, 0.25) is 0 Å². The van der Waals surface area contributed by atoms with Gasteiger partial charge in [0.15, 0.2) is 0 Å². The topological polar surface area (TPSA) is 52.8 Å². The number of rotatable bonds is 2. The van der Waals surface area contributed by atoms with Gasteiger partial charge in [-0.25, -0.2) is 15.0 Å². The quantitative estimate of drug-likeness (QED) is 0.810. The van der Waals surface area contributed by atoms with Gasteiger partial charge >= 0.3 is 0 Å². The number of nitrogens with zero attached hydrogens (tertiary/aromatic N) is 4. The molecule has 1 aliphatic rings. The van der Waals surface area contributed by atoms with E-state index in [4.69, 9.17) is 4.74 Å². The van der Waals surface area contributed by atoms with Gasteiger partial charge in [0.05, 0.1) is 17.6 Å². The molecule has 3 rings (SSSR count). The third-order valence-electron chi connectivity index (χ3n) is 3.38. The average molecular weight is 244 g/mol. The van der Waals surface area contributed by atoms with Crippen molar-refractivity contribution in [2.45, 2.75) is 25.8 Å². The fraction of sp³-hybridized carbons (Fsp3) is 0.462. The molecule has 0 atom stereocenters. The van der Waals surface area contributed by atoms with Crippen LogP contribution in [0.1, 0.15) is 24.7 Å². The van der Waals surface area contributed by atoms with Crippen LogP contribution in [0.2, 0.25) is 0 Å². The molecule has 1 saturated heterocycles. The molecule has 0 saturated carbocycles. The lowest BCUT2D eigenvalue weighted by Gasteiger charge is -2.26. The molecular weight excluding hydrogens is 228 g/mol. The molecule has 2 aromatic rings. The number of ether oxygens (including phenoxy) is 1. The van der Waals surface area contributed by atoms with Crippen molar-refractivity contribution in [1.82, 2.24) is 19.5 Å². The largest absolute Gasteiger partial charge is 0.381 e. The predicted octanol–water partition coefficient (Wildman–Crippen LogP) is 2.00. The van der Waals surface area contributed by atoms with E-state index in [-0.39, 0.29) is 0 Å². The van der Waals surface area contributed by atoms with Gasteiger partial charge in [0, 0.05) is 25.5 Å². The molecule has 0 radical (unpaired) electrons. The zero-order valence-electron chi connectivity index (χ0n) is 10.4. The molecule has 18 heavy (non-hydrogen) atoms. The van der Waals surface area contributed by atoms with Crippen LogP contribution in [0.4, 0.5) is 0 Å². The van der Waals surface area contributed by atoms with Crippen LogP contribution in [0.15, 0.2) is 24.8 Å². The van der Waals surface area contributed by atoms with Crippen LogP contribution >= 0.6 is 0 Å². The summed E-state index contributed by atoms with van der Waals surface area (Å²) in [5, 5.41) is 0. The van der Waals surface area contributed by atoms with Gasteiger partial charge in [0.1, 0.15) is 12.2 Å². The first-order valence-corrected chi connectivity index (χ1v) is 6.24. The minimum Gasteiger partial charge on any atom is -0.381 e. The standard InChI is InChI=1S/C13H16N4O/c1-10-15-8-13(12-2-5-14-9-16-12)17(10)11-3-6-18-7-4-11/h2,5,8-9,11H,3-4,6-7H2,1H3. The van der Waals surface area contributed by atoms with Crippen LogP contribution in [0.5, 0.6) is 0 Å². The third-order valence-corrected chi connectivity index (χ3v) is 3.38. The van der Waals surface area contributed by atoms with E-state index < -0.39 is 0 Å². The van der Waals surface area contributed by atoms with Crippen molar-refractivity contribution in [2.24, 2.45) is 0 Å². The minimum absolute atomic E-state index is 0.464. The average Bonchev–Trinajstić information content (AvgIpc) is 2.83. The maximum atomic E-state index is 5.42. The fourth-order valence-electron chi connectivity index (χ4n) is 2.49. The van der Waals surface area contributed by atoms with E-state index in [0.29, 0.717) is 6.04 Å². The highest BCUT2D eigenvalue weighted by Crippen LogP contribution is 2.28. The summed E-state index contributed by atoms with van der Waals surface area (Å²) in [7, 11) is 0. The summed E-state index contributed by atoms with van der Waals surface area (Å²) >= 11 is 0. The molecule has 0 N–H and O–H groups in total. The lowest BCUT2D eigenvalue weighted by Crippen LogP contribution is -2.21. The molecule has 1 fully saturated rings. The van der Waals surface area contributed by atoms with E-state index in [0.717, 1.165) is 43.3 Å². The lowest BCUT2D eigenvalue weighted by atomic mass is 10.1. The van der Waals surface area contributed by atoms with Crippen molar-refractivity contribution in [2.75, 3.05) is 13.2 Å². The molecule has 3 heterocycles. The Kier molecular flexibility index (Phi) is 3.06. The van der Waals surface area contributed by atoms with Crippen molar-refractivity contribution in [3.63, 3.8) is 0 Å². The van der Waals surface area contributed by atoms with E-state index in [1.807, 2.05) is 19.2 Å². The number of hydrogen-bond donors (Lipinski definition) is 0. The molecule has 0 aromatic carbocycles. The van der Waals surface area contributed by atoms with E-state index in [1.165, 1.54) is 0 Å². The molecular formula is C13H16N4O. The van der Waals surface area contributed by atoms with Gasteiger partial charge in [-0.1, -0.05) is 0 Å². The first-order chi connectivity index (χ1) is 8.86. The smallest absolute Gasteiger partial charge is 0.116 e. The van der Waals surface area contributed by atoms with E-state index in [9.17, 15) is 0 Å². The highest BCUT2D eigenvalue weighted by atomic mass is 16.5. The van der Waals surface area contributed by atoms with Crippen LogP contribution in [0.3, 0.4) is 0 Å². The summed E-state index contributed by atoms with van der Waals surface area (Å²) in [6.07, 6.45) is 7.31. The van der Waals surface area contributed by atoms with E-state index in [1.54, 1.807) is 12.5 Å². The Balaban J connectivity index is 2.01. The second kappa shape index (κ2) is 4.86. The Morgan fingerprint density at radius 3 is 2.83 bits per heavy atom. The first kappa shape index (κ1) is 11.3. The zero-order valence-corrected chi connectivity index (χ0v) is 10.4. The van der Waals surface area contributed by atoms with Crippen LogP contribution in [0.25, 0.3) is 11.4 Å². The van der Waals surface area contributed by atoms with Crippen molar-refractivity contribution < 1.29 is 4.74 Å². The van der Waals surface area contributed by atoms with Crippen LogP contribution in [-0.4, -0.2) is 32.7 Å². The second-order valence-corrected chi connectivity index (χ2v) is 4.50. The number of aromatic nitrogens is 4. The minimum atomic E-state index is 0.464. The fourth-order valence-corrected chi connectivity index (χ4v) is 2.49. The number of aryl methyl sites for hydroxylation is 1. The molecule has 94 valence electrons. The van der Waals surface area contributed by atoms with Crippen molar-refractivity contribution >= 4 is 0 Å². The summed E-state index contributed by atoms with van der Waals surface area (Å²) in [5.74, 6) is 1.04. The first-order valence-electron chi connectivity index (χ1n) is 6.24. The molecule has 0 unspecified atom stereocenters. The molecule has 2 aromatic heterocycles. The molecule has 0 aliphatic carbocycles. The second-order valence-electron chi connectivity index (χ2n) is 4.50. The highest BCUT2D eigenvalue weighted by Gasteiger charge is 2.21. The lowest BCUT2D eigenvalue weighted by molar-refractivity contribution is 0.0694. The Labute approximate surface area is 106 Å². The molecule has 0 spiro atoms. The van der Waals surface area contributed by atoms with Gasteiger partial charge in [-0.05, 0) is 25.8 Å². The van der Waals surface area contributed by atoms with Gasteiger partial charge in [-0.2, -0.15) is 0 Å². The van der Waals surface area contributed by atoms with Gasteiger partial charge in [-0.3, -0.25) is 0 Å². The number of hydrogen-bond acceptors (Lipinski definition) is 4. The summed E-state index contributed by atoms with van der Waals surface area (Å²) in [5.41, 5.74) is 2.00. The van der Waals surface area contributed by atoms with E-state index >= 15 is 0 Å². The monoisotopic (exact) mass is 244 g/mol. The molecule has 5 heteroatoms. The molecule has 5 nitrogen and oxygen atoms in total. The van der Waals surface area contributed by atoms with Gasteiger partial charge < -0.3 is 9.30 Å². The summed E-state index contributed by atoms with van der Waals surface area (Å²) in [6, 6.07) is 2.39. The summed E-state index contributed by atoms with van der Waals surface area (Å²) in [4.78, 5) is 12.7.